The summed E-state index contributed by atoms with van der Waals surface area (Å²) in [6, 6.07) is 1.88. The van der Waals surface area contributed by atoms with Crippen molar-refractivity contribution < 1.29 is 23.4 Å². The van der Waals surface area contributed by atoms with Gasteiger partial charge in [-0.05, 0) is 26.8 Å². The second kappa shape index (κ2) is 4.35. The van der Waals surface area contributed by atoms with Crippen LogP contribution in [0.2, 0.25) is 0 Å². The zero-order valence-corrected chi connectivity index (χ0v) is 10.8. The lowest BCUT2D eigenvalue weighted by atomic mass is 10.1. The van der Waals surface area contributed by atoms with E-state index in [1.807, 2.05) is 26.8 Å². The lowest BCUT2D eigenvalue weighted by molar-refractivity contribution is -0.216. The fourth-order valence-electron chi connectivity index (χ4n) is 2.44. The van der Waals surface area contributed by atoms with Gasteiger partial charge in [0.2, 0.25) is 0 Å². The second-order valence-electron chi connectivity index (χ2n) is 5.22. The Morgan fingerprint density at radius 3 is 2.89 bits per heavy atom. The molecule has 5 heteroatoms. The van der Waals surface area contributed by atoms with Crippen molar-refractivity contribution in [1.82, 2.24) is 0 Å². The van der Waals surface area contributed by atoms with E-state index in [0.29, 0.717) is 6.61 Å². The Hall–Kier alpha value is -0.880. The third-order valence-electron chi connectivity index (χ3n) is 3.25. The van der Waals surface area contributed by atoms with Crippen LogP contribution in [0.4, 0.5) is 0 Å². The monoisotopic (exact) mass is 254 g/mol. The van der Waals surface area contributed by atoms with Gasteiger partial charge in [-0.2, -0.15) is 0 Å². The molecule has 0 N–H and O–H groups in total. The average molecular weight is 254 g/mol. The molecule has 2 aliphatic heterocycles. The smallest absolute Gasteiger partial charge is 0.190 e. The summed E-state index contributed by atoms with van der Waals surface area (Å²) < 4.78 is 28.1. The number of rotatable bonds is 3. The van der Waals surface area contributed by atoms with E-state index in [2.05, 4.69) is 0 Å². The van der Waals surface area contributed by atoms with Crippen molar-refractivity contribution in [2.75, 3.05) is 0 Å². The number of furan rings is 1. The largest absolute Gasteiger partial charge is 0.472 e. The van der Waals surface area contributed by atoms with Gasteiger partial charge in [-0.25, -0.2) is 0 Å². The number of ether oxygens (including phenoxy) is 4. The lowest BCUT2D eigenvalue weighted by Gasteiger charge is -2.23. The molecule has 0 unspecified atom stereocenters. The van der Waals surface area contributed by atoms with E-state index in [4.69, 9.17) is 23.4 Å². The van der Waals surface area contributed by atoms with E-state index in [1.54, 1.807) is 12.5 Å². The molecule has 2 saturated heterocycles. The Labute approximate surface area is 106 Å². The third-order valence-corrected chi connectivity index (χ3v) is 3.25. The molecule has 5 nitrogen and oxygen atoms in total. The van der Waals surface area contributed by atoms with Crippen molar-refractivity contribution in [3.05, 3.63) is 24.2 Å². The van der Waals surface area contributed by atoms with Gasteiger partial charge in [0.1, 0.15) is 12.2 Å². The van der Waals surface area contributed by atoms with Gasteiger partial charge in [-0.15, -0.1) is 0 Å². The van der Waals surface area contributed by atoms with Gasteiger partial charge in [-0.1, -0.05) is 0 Å². The summed E-state index contributed by atoms with van der Waals surface area (Å²) in [7, 11) is 0. The van der Waals surface area contributed by atoms with Gasteiger partial charge in [0, 0.05) is 5.56 Å². The Morgan fingerprint density at radius 2 is 2.17 bits per heavy atom. The van der Waals surface area contributed by atoms with Crippen LogP contribution in [0.25, 0.3) is 0 Å². The summed E-state index contributed by atoms with van der Waals surface area (Å²) in [4.78, 5) is 0. The predicted octanol–water partition coefficient (Wildman–Crippen LogP) is 2.06. The van der Waals surface area contributed by atoms with Crippen LogP contribution in [0.1, 0.15) is 26.3 Å². The van der Waals surface area contributed by atoms with Crippen molar-refractivity contribution in [3.8, 4) is 0 Å². The second-order valence-corrected chi connectivity index (χ2v) is 5.22. The van der Waals surface area contributed by atoms with Crippen LogP contribution >= 0.6 is 0 Å². The van der Waals surface area contributed by atoms with E-state index in [9.17, 15) is 0 Å². The normalized spacial score (nSPS) is 37.9. The molecule has 0 saturated carbocycles. The van der Waals surface area contributed by atoms with Gasteiger partial charge in [-0.3, -0.25) is 0 Å². The first-order valence-electron chi connectivity index (χ1n) is 6.19. The Balaban J connectivity index is 1.64. The topological polar surface area (TPSA) is 50.1 Å². The Bertz CT molecular complexity index is 400. The molecule has 0 spiro atoms. The summed E-state index contributed by atoms with van der Waals surface area (Å²) >= 11 is 0. The van der Waals surface area contributed by atoms with Crippen LogP contribution in [0, 0.1) is 0 Å². The van der Waals surface area contributed by atoms with Crippen LogP contribution in [0.3, 0.4) is 0 Å². The fraction of sp³-hybridized carbons (Fsp3) is 0.692. The number of fused-ring (bicyclic) bond motifs is 1. The molecule has 0 aromatic carbocycles. The molecule has 2 aliphatic rings. The molecule has 18 heavy (non-hydrogen) atoms. The molecule has 3 rings (SSSR count). The zero-order valence-electron chi connectivity index (χ0n) is 10.8. The van der Waals surface area contributed by atoms with Gasteiger partial charge < -0.3 is 23.4 Å². The van der Waals surface area contributed by atoms with E-state index >= 15 is 0 Å². The van der Waals surface area contributed by atoms with Crippen LogP contribution in [-0.4, -0.2) is 30.4 Å². The maximum absolute atomic E-state index is 5.88. The van der Waals surface area contributed by atoms with E-state index < -0.39 is 5.79 Å². The molecule has 1 aromatic heterocycles. The molecule has 1 aromatic rings. The standard InChI is InChI=1S/C13H18O5/c1-8-10(15-7-9-4-5-14-6-9)11-12(16-8)18-13(2,3)17-11/h4-6,8,10-12H,7H2,1-3H3/t8-,10+,11-,12-/m1/s1. The highest BCUT2D eigenvalue weighted by Crippen LogP contribution is 2.38. The van der Waals surface area contributed by atoms with Crippen LogP contribution < -0.4 is 0 Å². The molecule has 3 heterocycles. The molecule has 0 amide bonds. The average Bonchev–Trinajstić information content (AvgIpc) is 2.92. The summed E-state index contributed by atoms with van der Waals surface area (Å²) in [6.07, 6.45) is 2.66. The molecule has 100 valence electrons. The summed E-state index contributed by atoms with van der Waals surface area (Å²) in [5.41, 5.74) is 1.00. The van der Waals surface area contributed by atoms with Gasteiger partial charge in [0.15, 0.2) is 12.1 Å². The summed E-state index contributed by atoms with van der Waals surface area (Å²) in [5, 5.41) is 0. The van der Waals surface area contributed by atoms with E-state index in [-0.39, 0.29) is 24.6 Å². The van der Waals surface area contributed by atoms with Crippen molar-refractivity contribution in [3.63, 3.8) is 0 Å². The van der Waals surface area contributed by atoms with Crippen molar-refractivity contribution in [2.24, 2.45) is 0 Å². The summed E-state index contributed by atoms with van der Waals surface area (Å²) in [6.45, 7) is 6.22. The third kappa shape index (κ3) is 2.19. The first-order valence-corrected chi connectivity index (χ1v) is 6.19. The highest BCUT2D eigenvalue weighted by atomic mass is 16.8. The maximum atomic E-state index is 5.88. The number of hydrogen-bond acceptors (Lipinski definition) is 5. The Kier molecular flexibility index (Phi) is 2.94. The quantitative estimate of drug-likeness (QED) is 0.826. The molecule has 2 fully saturated rings. The zero-order chi connectivity index (χ0) is 12.8. The van der Waals surface area contributed by atoms with Crippen molar-refractivity contribution >= 4 is 0 Å². The van der Waals surface area contributed by atoms with Crippen LogP contribution in [0.5, 0.6) is 0 Å². The van der Waals surface area contributed by atoms with E-state index in [0.717, 1.165) is 5.56 Å². The molecule has 0 bridgehead atoms. The lowest BCUT2D eigenvalue weighted by Crippen LogP contribution is -2.35. The fourth-order valence-corrected chi connectivity index (χ4v) is 2.44. The van der Waals surface area contributed by atoms with Gasteiger partial charge in [0.25, 0.3) is 0 Å². The van der Waals surface area contributed by atoms with Crippen molar-refractivity contribution in [1.29, 1.82) is 0 Å². The highest BCUT2D eigenvalue weighted by molar-refractivity contribution is 5.04. The molecular weight excluding hydrogens is 236 g/mol. The van der Waals surface area contributed by atoms with E-state index in [1.165, 1.54) is 0 Å². The SMILES string of the molecule is C[C@H]1O[C@@H]2OC(C)(C)O[C@@H]2[C@H]1OCc1ccoc1. The maximum Gasteiger partial charge on any atom is 0.190 e. The summed E-state index contributed by atoms with van der Waals surface area (Å²) in [5.74, 6) is -0.604. The minimum atomic E-state index is -0.604. The number of hydrogen-bond donors (Lipinski definition) is 0. The van der Waals surface area contributed by atoms with Gasteiger partial charge >= 0.3 is 0 Å². The Morgan fingerprint density at radius 1 is 1.33 bits per heavy atom. The minimum Gasteiger partial charge on any atom is -0.472 e. The highest BCUT2D eigenvalue weighted by Gasteiger charge is 2.54. The van der Waals surface area contributed by atoms with Crippen LogP contribution in [-0.2, 0) is 25.6 Å². The molecule has 0 radical (unpaired) electrons. The first kappa shape index (κ1) is 12.2. The van der Waals surface area contributed by atoms with Gasteiger partial charge in [0.05, 0.1) is 25.2 Å². The molecular formula is C13H18O5. The van der Waals surface area contributed by atoms with Crippen LogP contribution in [0.15, 0.2) is 23.0 Å². The molecule has 4 atom stereocenters. The molecule has 0 aliphatic carbocycles. The first-order chi connectivity index (χ1) is 8.55. The van der Waals surface area contributed by atoms with Crippen molar-refractivity contribution in [2.45, 2.75) is 57.8 Å². The minimum absolute atomic E-state index is 0.0389. The predicted molar refractivity (Wildman–Crippen MR) is 61.7 cm³/mol.